The van der Waals surface area contributed by atoms with Crippen LogP contribution in [0.4, 0.5) is 10.3 Å². The van der Waals surface area contributed by atoms with E-state index in [1.54, 1.807) is 18.0 Å². The van der Waals surface area contributed by atoms with Crippen molar-refractivity contribution in [1.29, 1.82) is 0 Å². The second-order valence-electron chi connectivity index (χ2n) is 5.05. The number of hydrogen-bond donors (Lipinski definition) is 1. The molecule has 1 fully saturated rings. The van der Waals surface area contributed by atoms with E-state index in [2.05, 4.69) is 15.4 Å². The molecule has 3 heterocycles. The average molecular weight is 292 g/mol. The molecule has 0 spiro atoms. The van der Waals surface area contributed by atoms with Crippen molar-refractivity contribution in [3.63, 3.8) is 0 Å². The predicted molar refractivity (Wildman–Crippen MR) is 75.7 cm³/mol. The number of nitrogens with zero attached hydrogens (tertiary/aromatic N) is 5. The summed E-state index contributed by atoms with van der Waals surface area (Å²) in [5.41, 5.74) is 0.549. The molecular formula is C13H17FN6O. The number of fused-ring (bicyclic) bond motifs is 1. The van der Waals surface area contributed by atoms with Crippen molar-refractivity contribution in [1.82, 2.24) is 24.8 Å². The van der Waals surface area contributed by atoms with Crippen LogP contribution in [0.1, 0.15) is 0 Å². The highest BCUT2D eigenvalue weighted by Gasteiger charge is 2.19. The van der Waals surface area contributed by atoms with Crippen LogP contribution in [0.2, 0.25) is 0 Å². The van der Waals surface area contributed by atoms with Crippen LogP contribution < -0.4 is 10.2 Å². The van der Waals surface area contributed by atoms with Crippen molar-refractivity contribution in [3.8, 4) is 0 Å². The third-order valence-corrected chi connectivity index (χ3v) is 3.47. The van der Waals surface area contributed by atoms with Gasteiger partial charge >= 0.3 is 0 Å². The average Bonchev–Trinajstić information content (AvgIpc) is 2.91. The zero-order valence-electron chi connectivity index (χ0n) is 11.8. The SMILES string of the molecule is CN(CC(=O)N1CCNCC1)c1nc2ccc(F)cn2n1. The molecule has 7 nitrogen and oxygen atoms in total. The number of hydrogen-bond acceptors (Lipinski definition) is 5. The summed E-state index contributed by atoms with van der Waals surface area (Å²) in [5, 5.41) is 7.39. The maximum atomic E-state index is 13.1. The molecule has 1 saturated heterocycles. The number of aromatic nitrogens is 3. The Morgan fingerprint density at radius 2 is 2.19 bits per heavy atom. The van der Waals surface area contributed by atoms with Gasteiger partial charge in [-0.2, -0.15) is 4.98 Å². The van der Waals surface area contributed by atoms with Crippen LogP contribution in [0.5, 0.6) is 0 Å². The summed E-state index contributed by atoms with van der Waals surface area (Å²) in [5.74, 6) is 0.0756. The predicted octanol–water partition coefficient (Wildman–Crippen LogP) is -0.264. The molecule has 0 saturated carbocycles. The molecule has 0 bridgehead atoms. The van der Waals surface area contributed by atoms with Crippen molar-refractivity contribution in [2.75, 3.05) is 44.7 Å². The molecule has 1 aliphatic heterocycles. The molecule has 0 atom stereocenters. The maximum Gasteiger partial charge on any atom is 0.245 e. The fourth-order valence-electron chi connectivity index (χ4n) is 2.30. The van der Waals surface area contributed by atoms with E-state index in [9.17, 15) is 9.18 Å². The van der Waals surface area contributed by atoms with Gasteiger partial charge in [0, 0.05) is 33.2 Å². The lowest BCUT2D eigenvalue weighted by Gasteiger charge is -2.28. The molecule has 1 amide bonds. The lowest BCUT2D eigenvalue weighted by molar-refractivity contribution is -0.130. The molecule has 21 heavy (non-hydrogen) atoms. The van der Waals surface area contributed by atoms with Crippen molar-refractivity contribution < 1.29 is 9.18 Å². The first-order valence-electron chi connectivity index (χ1n) is 6.85. The van der Waals surface area contributed by atoms with E-state index in [1.807, 2.05) is 4.90 Å². The monoisotopic (exact) mass is 292 g/mol. The minimum Gasteiger partial charge on any atom is -0.339 e. The van der Waals surface area contributed by atoms with Crippen molar-refractivity contribution in [3.05, 3.63) is 24.1 Å². The maximum absolute atomic E-state index is 13.1. The molecule has 2 aromatic heterocycles. The largest absolute Gasteiger partial charge is 0.339 e. The molecule has 0 aliphatic carbocycles. The Kier molecular flexibility index (Phi) is 3.70. The molecular weight excluding hydrogens is 275 g/mol. The highest BCUT2D eigenvalue weighted by Crippen LogP contribution is 2.10. The van der Waals surface area contributed by atoms with Crippen molar-refractivity contribution >= 4 is 17.5 Å². The van der Waals surface area contributed by atoms with Crippen LogP contribution in [0.25, 0.3) is 5.65 Å². The first-order chi connectivity index (χ1) is 10.1. The Morgan fingerprint density at radius 3 is 2.95 bits per heavy atom. The van der Waals surface area contributed by atoms with Crippen molar-refractivity contribution in [2.24, 2.45) is 0 Å². The quantitative estimate of drug-likeness (QED) is 0.844. The highest BCUT2D eigenvalue weighted by atomic mass is 19.1. The first kappa shape index (κ1) is 13.7. The van der Waals surface area contributed by atoms with Crippen LogP contribution in [-0.2, 0) is 4.79 Å². The van der Waals surface area contributed by atoms with E-state index in [-0.39, 0.29) is 18.3 Å². The molecule has 1 N–H and O–H groups in total. The number of nitrogens with one attached hydrogen (secondary N) is 1. The normalized spacial score (nSPS) is 15.4. The van der Waals surface area contributed by atoms with E-state index in [0.29, 0.717) is 11.6 Å². The molecule has 1 aliphatic rings. The Balaban J connectivity index is 1.71. The zero-order valence-corrected chi connectivity index (χ0v) is 11.8. The van der Waals surface area contributed by atoms with Gasteiger partial charge in [0.05, 0.1) is 12.7 Å². The summed E-state index contributed by atoms with van der Waals surface area (Å²) in [6.45, 7) is 3.29. The van der Waals surface area contributed by atoms with E-state index < -0.39 is 0 Å². The minimum absolute atomic E-state index is 0.0454. The number of halogens is 1. The van der Waals surface area contributed by atoms with Gasteiger partial charge in [-0.25, -0.2) is 8.91 Å². The number of rotatable bonds is 3. The van der Waals surface area contributed by atoms with Gasteiger partial charge in [0.25, 0.3) is 0 Å². The van der Waals surface area contributed by atoms with Gasteiger partial charge in [0.15, 0.2) is 5.65 Å². The Morgan fingerprint density at radius 1 is 1.43 bits per heavy atom. The Hall–Kier alpha value is -2.22. The number of amides is 1. The summed E-state index contributed by atoms with van der Waals surface area (Å²) < 4.78 is 14.5. The molecule has 2 aromatic rings. The topological polar surface area (TPSA) is 65.8 Å². The molecule has 0 radical (unpaired) electrons. The van der Waals surface area contributed by atoms with Crippen LogP contribution in [0.3, 0.4) is 0 Å². The number of piperazine rings is 1. The Labute approximate surface area is 121 Å². The van der Waals surface area contributed by atoms with Gasteiger partial charge in [-0.3, -0.25) is 4.79 Å². The van der Waals surface area contributed by atoms with Gasteiger partial charge in [-0.05, 0) is 12.1 Å². The van der Waals surface area contributed by atoms with Gasteiger partial charge in [0.1, 0.15) is 5.82 Å². The summed E-state index contributed by atoms with van der Waals surface area (Å²) in [6, 6.07) is 2.89. The summed E-state index contributed by atoms with van der Waals surface area (Å²) >= 11 is 0. The number of likely N-dealkylation sites (N-methyl/N-ethyl adjacent to an activating group) is 1. The third kappa shape index (κ3) is 2.94. The van der Waals surface area contributed by atoms with E-state index in [4.69, 9.17) is 0 Å². The number of anilines is 1. The summed E-state index contributed by atoms with van der Waals surface area (Å²) in [4.78, 5) is 20.0. The standard InChI is InChI=1S/C13H17FN6O/c1-18(9-12(21)19-6-4-15-5-7-19)13-16-11-3-2-10(14)8-20(11)17-13/h2-3,8,15H,4-7,9H2,1H3. The second kappa shape index (κ2) is 5.65. The molecule has 3 rings (SSSR count). The molecule has 112 valence electrons. The third-order valence-electron chi connectivity index (χ3n) is 3.47. The van der Waals surface area contributed by atoms with Gasteiger partial charge in [0.2, 0.25) is 11.9 Å². The molecule has 8 heteroatoms. The van der Waals surface area contributed by atoms with Crippen LogP contribution in [0, 0.1) is 5.82 Å². The fraction of sp³-hybridized carbons (Fsp3) is 0.462. The Bertz CT molecular complexity index is 651. The number of pyridine rings is 1. The smallest absolute Gasteiger partial charge is 0.245 e. The lowest BCUT2D eigenvalue weighted by Crippen LogP contribution is -2.49. The minimum atomic E-state index is -0.376. The number of carbonyl (C=O) groups excluding carboxylic acids is 1. The fourth-order valence-corrected chi connectivity index (χ4v) is 2.30. The van der Waals surface area contributed by atoms with E-state index in [1.165, 1.54) is 16.8 Å². The van der Waals surface area contributed by atoms with E-state index >= 15 is 0 Å². The van der Waals surface area contributed by atoms with Gasteiger partial charge in [-0.1, -0.05) is 0 Å². The van der Waals surface area contributed by atoms with Crippen LogP contribution in [0.15, 0.2) is 18.3 Å². The van der Waals surface area contributed by atoms with E-state index in [0.717, 1.165) is 26.2 Å². The number of carbonyl (C=O) groups is 1. The van der Waals surface area contributed by atoms with Crippen LogP contribution >= 0.6 is 0 Å². The summed E-state index contributed by atoms with van der Waals surface area (Å²) in [6.07, 6.45) is 1.26. The first-order valence-corrected chi connectivity index (χ1v) is 6.85. The van der Waals surface area contributed by atoms with Gasteiger partial charge in [-0.15, -0.1) is 5.10 Å². The zero-order chi connectivity index (χ0) is 14.8. The summed E-state index contributed by atoms with van der Waals surface area (Å²) in [7, 11) is 1.76. The van der Waals surface area contributed by atoms with Crippen molar-refractivity contribution in [2.45, 2.75) is 0 Å². The lowest BCUT2D eigenvalue weighted by atomic mass is 10.3. The van der Waals surface area contributed by atoms with Gasteiger partial charge < -0.3 is 15.1 Å². The molecule has 0 aromatic carbocycles. The highest BCUT2D eigenvalue weighted by molar-refractivity contribution is 5.81. The molecule has 0 unspecified atom stereocenters. The second-order valence-corrected chi connectivity index (χ2v) is 5.05. The van der Waals surface area contributed by atoms with Crippen LogP contribution in [-0.4, -0.2) is 65.2 Å².